The molecule has 10 N–H and O–H groups in total. The van der Waals surface area contributed by atoms with E-state index in [9.17, 15) is 44.4 Å². The number of carbonyl (C=O) groups is 5. The highest BCUT2D eigenvalue weighted by Gasteiger charge is 2.32. The van der Waals surface area contributed by atoms with Crippen LogP contribution in [0.4, 0.5) is 0 Å². The van der Waals surface area contributed by atoms with Crippen molar-refractivity contribution in [2.75, 3.05) is 6.61 Å². The molecule has 0 fully saturated rings. The van der Waals surface area contributed by atoms with Crippen LogP contribution in [-0.4, -0.2) is 92.1 Å². The Bertz CT molecular complexity index is 890. The van der Waals surface area contributed by atoms with Gasteiger partial charge in [0.25, 0.3) is 0 Å². The number of amides is 3. The zero-order chi connectivity index (χ0) is 26.0. The molecule has 0 aliphatic carbocycles. The van der Waals surface area contributed by atoms with E-state index in [2.05, 4.69) is 10.6 Å². The van der Waals surface area contributed by atoms with Crippen molar-refractivity contribution in [3.8, 4) is 5.75 Å². The Hall–Kier alpha value is -3.75. The Morgan fingerprint density at radius 2 is 1.38 bits per heavy atom. The fourth-order valence-electron chi connectivity index (χ4n) is 2.68. The minimum atomic E-state index is -1.70. The topological polar surface area (TPSA) is 249 Å². The van der Waals surface area contributed by atoms with Gasteiger partial charge < -0.3 is 47.2 Å². The maximum Gasteiger partial charge on any atom is 0.326 e. The lowest BCUT2D eigenvalue weighted by molar-refractivity contribution is -0.143. The van der Waals surface area contributed by atoms with Crippen molar-refractivity contribution in [1.82, 2.24) is 16.0 Å². The number of hydrogen-bond donors (Lipinski definition) is 9. The first-order chi connectivity index (χ1) is 15.8. The number of aromatic hydroxyl groups is 1. The minimum Gasteiger partial charge on any atom is -0.508 e. The summed E-state index contributed by atoms with van der Waals surface area (Å²) in [6.45, 7) is 0.240. The summed E-state index contributed by atoms with van der Waals surface area (Å²) in [5.41, 5.74) is 5.92. The highest BCUT2D eigenvalue weighted by atomic mass is 16.4. The smallest absolute Gasteiger partial charge is 0.326 e. The van der Waals surface area contributed by atoms with Gasteiger partial charge >= 0.3 is 11.9 Å². The molecule has 0 aromatic heterocycles. The fourth-order valence-corrected chi connectivity index (χ4v) is 2.68. The van der Waals surface area contributed by atoms with Gasteiger partial charge in [-0.1, -0.05) is 12.1 Å². The van der Waals surface area contributed by atoms with Gasteiger partial charge in [0.15, 0.2) is 0 Å². The van der Waals surface area contributed by atoms with Crippen LogP contribution in [0.25, 0.3) is 0 Å². The fraction of sp³-hybridized carbons (Fsp3) is 0.450. The van der Waals surface area contributed by atoms with Gasteiger partial charge in [0, 0.05) is 6.42 Å². The SMILES string of the molecule is CC(O)C(N)C(=O)NC(CC(=O)O)C(=O)NC(CO)C(=O)NC(Cc1ccc(O)cc1)C(=O)O. The minimum absolute atomic E-state index is 0.0416. The third-order valence-corrected chi connectivity index (χ3v) is 4.64. The van der Waals surface area contributed by atoms with E-state index in [0.717, 1.165) is 0 Å². The second kappa shape index (κ2) is 13.1. The van der Waals surface area contributed by atoms with E-state index in [4.69, 9.17) is 10.8 Å². The monoisotopic (exact) mass is 484 g/mol. The Morgan fingerprint density at radius 1 is 0.882 bits per heavy atom. The molecule has 188 valence electrons. The van der Waals surface area contributed by atoms with E-state index in [1.807, 2.05) is 5.32 Å². The molecule has 3 amide bonds. The summed E-state index contributed by atoms with van der Waals surface area (Å²) in [4.78, 5) is 59.6. The lowest BCUT2D eigenvalue weighted by atomic mass is 10.1. The molecule has 14 heteroatoms. The first-order valence-corrected chi connectivity index (χ1v) is 10.0. The van der Waals surface area contributed by atoms with Crippen LogP contribution in [0, 0.1) is 0 Å². The molecule has 14 nitrogen and oxygen atoms in total. The van der Waals surface area contributed by atoms with E-state index in [1.165, 1.54) is 31.2 Å². The number of hydrogen-bond acceptors (Lipinski definition) is 9. The van der Waals surface area contributed by atoms with E-state index in [0.29, 0.717) is 5.56 Å². The maximum absolute atomic E-state index is 12.5. The Balaban J connectivity index is 2.90. The number of nitrogens with two attached hydrogens (primary N) is 1. The molecule has 0 aliphatic rings. The molecule has 0 bridgehead atoms. The molecule has 5 unspecified atom stereocenters. The van der Waals surface area contributed by atoms with Crippen LogP contribution in [0.1, 0.15) is 18.9 Å². The molecule has 0 aliphatic heterocycles. The van der Waals surface area contributed by atoms with Gasteiger partial charge in [0.1, 0.15) is 29.9 Å². The van der Waals surface area contributed by atoms with Crippen molar-refractivity contribution in [2.24, 2.45) is 5.73 Å². The summed E-state index contributed by atoms with van der Waals surface area (Å²) < 4.78 is 0. The molecule has 0 heterocycles. The molecule has 1 aromatic carbocycles. The van der Waals surface area contributed by atoms with Gasteiger partial charge in [-0.05, 0) is 24.6 Å². The van der Waals surface area contributed by atoms with Crippen LogP contribution in [0.15, 0.2) is 24.3 Å². The molecule has 0 saturated carbocycles. The number of carbonyl (C=O) groups excluding carboxylic acids is 3. The number of carboxylic acids is 2. The van der Waals surface area contributed by atoms with Crippen LogP contribution in [0.2, 0.25) is 0 Å². The summed E-state index contributed by atoms with van der Waals surface area (Å²) in [5, 5.41) is 52.9. The summed E-state index contributed by atoms with van der Waals surface area (Å²) in [5.74, 6) is -6.19. The Kier molecular flexibility index (Phi) is 10.9. The first kappa shape index (κ1) is 28.3. The molecule has 0 saturated heterocycles. The number of phenols is 1. The summed E-state index contributed by atoms with van der Waals surface area (Å²) in [6, 6.07) is -0.754. The molecule has 34 heavy (non-hydrogen) atoms. The zero-order valence-corrected chi connectivity index (χ0v) is 18.2. The van der Waals surface area contributed by atoms with Crippen LogP contribution in [0.3, 0.4) is 0 Å². The number of phenolic OH excluding ortho intramolecular Hbond substituents is 1. The number of benzene rings is 1. The van der Waals surface area contributed by atoms with Gasteiger partial charge in [0.2, 0.25) is 17.7 Å². The van der Waals surface area contributed by atoms with Crippen molar-refractivity contribution in [3.05, 3.63) is 29.8 Å². The predicted octanol–water partition coefficient (Wildman–Crippen LogP) is -3.35. The molecule has 0 spiro atoms. The van der Waals surface area contributed by atoms with E-state index in [1.54, 1.807) is 0 Å². The van der Waals surface area contributed by atoms with E-state index >= 15 is 0 Å². The molecular formula is C20H28N4O10. The predicted molar refractivity (Wildman–Crippen MR) is 114 cm³/mol. The molecule has 5 atom stereocenters. The summed E-state index contributed by atoms with van der Waals surface area (Å²) >= 11 is 0. The van der Waals surface area contributed by atoms with Gasteiger partial charge in [-0.25, -0.2) is 4.79 Å². The molecule has 1 aromatic rings. The lowest BCUT2D eigenvalue weighted by Crippen LogP contribution is -2.59. The van der Waals surface area contributed by atoms with Gasteiger partial charge in [-0.2, -0.15) is 0 Å². The number of aliphatic hydroxyl groups is 2. The maximum atomic E-state index is 12.5. The summed E-state index contributed by atoms with van der Waals surface area (Å²) in [6.07, 6.45) is -2.38. The number of aliphatic carboxylic acids is 2. The Labute approximate surface area is 193 Å². The highest BCUT2D eigenvalue weighted by Crippen LogP contribution is 2.11. The van der Waals surface area contributed by atoms with Crippen LogP contribution in [0.5, 0.6) is 5.75 Å². The average molecular weight is 484 g/mol. The second-order valence-corrected chi connectivity index (χ2v) is 7.44. The number of aliphatic hydroxyl groups excluding tert-OH is 2. The van der Waals surface area contributed by atoms with Crippen LogP contribution in [-0.2, 0) is 30.4 Å². The third-order valence-electron chi connectivity index (χ3n) is 4.64. The summed E-state index contributed by atoms with van der Waals surface area (Å²) in [7, 11) is 0. The van der Waals surface area contributed by atoms with Crippen molar-refractivity contribution >= 4 is 29.7 Å². The van der Waals surface area contributed by atoms with Crippen molar-refractivity contribution in [2.45, 2.75) is 50.0 Å². The average Bonchev–Trinajstić information content (AvgIpc) is 2.76. The second-order valence-electron chi connectivity index (χ2n) is 7.44. The van der Waals surface area contributed by atoms with Crippen molar-refractivity contribution in [3.63, 3.8) is 0 Å². The van der Waals surface area contributed by atoms with Gasteiger partial charge in [-0.3, -0.25) is 19.2 Å². The molecule has 1 rings (SSSR count). The number of nitrogens with one attached hydrogen (secondary N) is 3. The third kappa shape index (κ3) is 9.01. The quantitative estimate of drug-likeness (QED) is 0.134. The number of carboxylic acid groups (broad SMARTS) is 2. The standard InChI is InChI=1S/C20H28N4O10/c1-9(26)16(21)19(32)22-12(7-15(28)29)17(30)24-14(8-25)18(31)23-13(20(33)34)6-10-2-4-11(27)5-3-10/h2-5,9,12-14,16,25-27H,6-8,21H2,1H3,(H,22,32)(H,23,31)(H,24,30)(H,28,29)(H,33,34). The van der Waals surface area contributed by atoms with Crippen LogP contribution < -0.4 is 21.7 Å². The van der Waals surface area contributed by atoms with E-state index < -0.39 is 73.0 Å². The van der Waals surface area contributed by atoms with E-state index in [-0.39, 0.29) is 12.2 Å². The Morgan fingerprint density at radius 3 is 1.85 bits per heavy atom. The van der Waals surface area contributed by atoms with Gasteiger partial charge in [0.05, 0.1) is 19.1 Å². The first-order valence-electron chi connectivity index (χ1n) is 10.0. The lowest BCUT2D eigenvalue weighted by Gasteiger charge is -2.24. The molecule has 0 radical (unpaired) electrons. The van der Waals surface area contributed by atoms with Gasteiger partial charge in [-0.15, -0.1) is 0 Å². The highest BCUT2D eigenvalue weighted by molar-refractivity contribution is 5.95. The zero-order valence-electron chi connectivity index (χ0n) is 18.2. The largest absolute Gasteiger partial charge is 0.508 e. The normalized spacial score (nSPS) is 15.2. The molecular weight excluding hydrogens is 456 g/mol. The van der Waals surface area contributed by atoms with Crippen LogP contribution >= 0.6 is 0 Å². The van der Waals surface area contributed by atoms with Crippen molar-refractivity contribution in [1.29, 1.82) is 0 Å². The number of rotatable bonds is 13. The van der Waals surface area contributed by atoms with Crippen molar-refractivity contribution < 1.29 is 49.5 Å².